The summed E-state index contributed by atoms with van der Waals surface area (Å²) in [5.41, 5.74) is 7.52. The average molecular weight is 635 g/mol. The van der Waals surface area contributed by atoms with Gasteiger partial charge in [0.15, 0.2) is 0 Å². The zero-order chi connectivity index (χ0) is 31.8. The molecule has 4 heterocycles. The van der Waals surface area contributed by atoms with Gasteiger partial charge in [0.2, 0.25) is 0 Å². The number of nitrogens with zero attached hydrogens (tertiary/aromatic N) is 4. The first-order valence-corrected chi connectivity index (χ1v) is 16.0. The molecule has 0 amide bonds. The van der Waals surface area contributed by atoms with Gasteiger partial charge in [0.1, 0.15) is 11.4 Å². The minimum absolute atomic E-state index is 0.256. The normalized spacial score (nSPS) is 12.9. The van der Waals surface area contributed by atoms with Crippen molar-refractivity contribution < 1.29 is 19.0 Å². The lowest BCUT2D eigenvalue weighted by atomic mass is 9.98. The maximum atomic E-state index is 13.9. The molecule has 9 heteroatoms. The number of esters is 1. The average Bonchev–Trinajstić information content (AvgIpc) is 3.51. The number of hydrogen-bond acceptors (Lipinski definition) is 6. The van der Waals surface area contributed by atoms with Gasteiger partial charge in [-0.1, -0.05) is 60.1 Å². The molecule has 1 aliphatic rings. The summed E-state index contributed by atoms with van der Waals surface area (Å²) in [5, 5.41) is 8.55. The quantitative estimate of drug-likeness (QED) is 0.132. The van der Waals surface area contributed by atoms with E-state index in [2.05, 4.69) is 18.2 Å². The molecule has 0 fully saturated rings. The van der Waals surface area contributed by atoms with Crippen LogP contribution in [0, 0.1) is 6.92 Å². The first-order chi connectivity index (χ1) is 22.5. The maximum absolute atomic E-state index is 13.9. The minimum atomic E-state index is -0.377. The molecule has 0 radical (unpaired) electrons. The van der Waals surface area contributed by atoms with Crippen molar-refractivity contribution in [2.45, 2.75) is 46.4 Å². The first kappa shape index (κ1) is 30.0. The Kier molecular flexibility index (Phi) is 8.23. The van der Waals surface area contributed by atoms with E-state index in [1.54, 1.807) is 6.20 Å². The molecule has 0 atom stereocenters. The number of hydrogen-bond donors (Lipinski definition) is 0. The Balaban J connectivity index is 1.39. The summed E-state index contributed by atoms with van der Waals surface area (Å²) < 4.78 is 22.1. The van der Waals surface area contributed by atoms with Gasteiger partial charge in [-0.2, -0.15) is 5.10 Å². The van der Waals surface area contributed by atoms with Crippen molar-refractivity contribution in [1.82, 2.24) is 19.3 Å². The smallest absolute Gasteiger partial charge is 0.355 e. The van der Waals surface area contributed by atoms with Gasteiger partial charge < -0.3 is 18.8 Å². The third-order valence-electron chi connectivity index (χ3n) is 8.77. The number of aryl methyl sites for hydroxylation is 2. The number of carbonyl (C=O) groups is 1. The highest BCUT2D eigenvalue weighted by Crippen LogP contribution is 2.43. The fourth-order valence-corrected chi connectivity index (χ4v) is 6.83. The molecule has 0 spiro atoms. The Morgan fingerprint density at radius 1 is 0.978 bits per heavy atom. The number of benzene rings is 3. The number of rotatable bonds is 7. The van der Waals surface area contributed by atoms with E-state index in [9.17, 15) is 4.79 Å². The van der Waals surface area contributed by atoms with E-state index in [0.29, 0.717) is 49.9 Å². The lowest BCUT2D eigenvalue weighted by Gasteiger charge is -2.15. The lowest BCUT2D eigenvalue weighted by molar-refractivity contribution is 0.0513. The number of fused-ring (bicyclic) bond motifs is 4. The van der Waals surface area contributed by atoms with Gasteiger partial charge in [0, 0.05) is 46.4 Å². The Morgan fingerprint density at radius 2 is 1.83 bits per heavy atom. The standard InChI is InChI=1S/C37H35ClN4O4/c1-4-45-37(43)36-27(14-9-19-46-32-15-7-11-24-10-5-6-13-26(24)32)28-16-17-29(38)34-33-23(2)41(3)40-31(33)22-44-21-25-12-8-18-39-30(25)20-42(36)35(28)34/h5-8,10-13,15-18H,4,9,14,19-22H2,1-3H3. The molecule has 0 unspecified atom stereocenters. The van der Waals surface area contributed by atoms with E-state index < -0.39 is 0 Å². The van der Waals surface area contributed by atoms with Crippen LogP contribution in [0.2, 0.25) is 5.02 Å². The molecule has 46 heavy (non-hydrogen) atoms. The number of ether oxygens (including phenoxy) is 3. The Hall–Kier alpha value is -4.66. The summed E-state index contributed by atoms with van der Waals surface area (Å²) in [4.78, 5) is 18.7. The van der Waals surface area contributed by atoms with Crippen molar-refractivity contribution in [3.63, 3.8) is 0 Å². The zero-order valence-corrected chi connectivity index (χ0v) is 26.9. The summed E-state index contributed by atoms with van der Waals surface area (Å²) in [7, 11) is 1.92. The Bertz CT molecular complexity index is 2090. The predicted molar refractivity (Wildman–Crippen MR) is 179 cm³/mol. The highest BCUT2D eigenvalue weighted by Gasteiger charge is 2.30. The van der Waals surface area contributed by atoms with Crippen LogP contribution in [0.15, 0.2) is 72.9 Å². The second kappa shape index (κ2) is 12.6. The monoisotopic (exact) mass is 634 g/mol. The molecule has 0 N–H and O–H groups in total. The van der Waals surface area contributed by atoms with Crippen LogP contribution < -0.4 is 4.74 Å². The fourth-order valence-electron chi connectivity index (χ4n) is 6.58. The lowest BCUT2D eigenvalue weighted by Crippen LogP contribution is -2.17. The maximum Gasteiger partial charge on any atom is 0.355 e. The highest BCUT2D eigenvalue weighted by atomic mass is 35.5. The van der Waals surface area contributed by atoms with Crippen LogP contribution in [0.1, 0.15) is 52.0 Å². The van der Waals surface area contributed by atoms with Crippen molar-refractivity contribution >= 4 is 39.2 Å². The molecular weight excluding hydrogens is 600 g/mol. The SMILES string of the molecule is CCOC(=O)c1c(CCCOc2cccc3ccccc23)c2ccc(Cl)c3c2n1Cc1ncccc1COCc1nn(C)c(C)c1-3. The van der Waals surface area contributed by atoms with E-state index in [1.807, 2.05) is 78.7 Å². The van der Waals surface area contributed by atoms with Crippen LogP contribution in [0.4, 0.5) is 0 Å². The number of aromatic nitrogens is 4. The molecule has 0 saturated carbocycles. The number of halogens is 1. The van der Waals surface area contributed by atoms with Crippen LogP contribution >= 0.6 is 11.6 Å². The van der Waals surface area contributed by atoms with Crippen molar-refractivity contribution in [2.75, 3.05) is 13.2 Å². The van der Waals surface area contributed by atoms with Gasteiger partial charge in [0.25, 0.3) is 0 Å². The molecule has 0 saturated heterocycles. The van der Waals surface area contributed by atoms with Crippen molar-refractivity contribution in [3.8, 4) is 16.9 Å². The van der Waals surface area contributed by atoms with E-state index in [1.165, 1.54) is 0 Å². The van der Waals surface area contributed by atoms with Crippen molar-refractivity contribution in [2.24, 2.45) is 7.05 Å². The molecule has 0 aliphatic carbocycles. The van der Waals surface area contributed by atoms with E-state index in [4.69, 9.17) is 35.9 Å². The number of pyridine rings is 1. The first-order valence-electron chi connectivity index (χ1n) is 15.6. The van der Waals surface area contributed by atoms with Gasteiger partial charge in [-0.3, -0.25) is 9.67 Å². The second-order valence-electron chi connectivity index (χ2n) is 11.5. The highest BCUT2D eigenvalue weighted by molar-refractivity contribution is 6.35. The van der Waals surface area contributed by atoms with E-state index >= 15 is 0 Å². The van der Waals surface area contributed by atoms with Crippen LogP contribution in [0.25, 0.3) is 32.8 Å². The predicted octanol–water partition coefficient (Wildman–Crippen LogP) is 7.82. The summed E-state index contributed by atoms with van der Waals surface area (Å²) >= 11 is 7.08. The molecule has 6 aromatic rings. The molecule has 3 aromatic heterocycles. The third kappa shape index (κ3) is 5.31. The van der Waals surface area contributed by atoms with Crippen molar-refractivity contribution in [1.29, 1.82) is 0 Å². The zero-order valence-electron chi connectivity index (χ0n) is 26.2. The fraction of sp³-hybridized carbons (Fsp3) is 0.270. The molecule has 8 nitrogen and oxygen atoms in total. The molecule has 3 aromatic carbocycles. The van der Waals surface area contributed by atoms with E-state index in [0.717, 1.165) is 66.8 Å². The summed E-state index contributed by atoms with van der Waals surface area (Å²) in [6, 6.07) is 22.1. The topological polar surface area (TPSA) is 80.4 Å². The van der Waals surface area contributed by atoms with E-state index in [-0.39, 0.29) is 12.6 Å². The Morgan fingerprint density at radius 3 is 2.70 bits per heavy atom. The van der Waals surface area contributed by atoms with Gasteiger partial charge >= 0.3 is 5.97 Å². The van der Waals surface area contributed by atoms with Crippen LogP contribution in [-0.4, -0.2) is 38.5 Å². The van der Waals surface area contributed by atoms with Crippen LogP contribution in [0.5, 0.6) is 5.75 Å². The molecular formula is C37H35ClN4O4. The third-order valence-corrected chi connectivity index (χ3v) is 9.09. The Labute approximate surface area is 272 Å². The minimum Gasteiger partial charge on any atom is -0.493 e. The summed E-state index contributed by atoms with van der Waals surface area (Å²) in [5.74, 6) is 0.469. The van der Waals surface area contributed by atoms with Crippen molar-refractivity contribution in [3.05, 3.63) is 112 Å². The molecule has 1 aliphatic heterocycles. The summed E-state index contributed by atoms with van der Waals surface area (Å²) in [6.07, 6.45) is 3.06. The summed E-state index contributed by atoms with van der Waals surface area (Å²) in [6.45, 7) is 5.61. The number of carbonyl (C=O) groups excluding carboxylic acids is 1. The molecule has 7 rings (SSSR count). The van der Waals surface area contributed by atoms with Gasteiger partial charge in [-0.25, -0.2) is 4.79 Å². The van der Waals surface area contributed by atoms with Gasteiger partial charge in [-0.15, -0.1) is 0 Å². The van der Waals surface area contributed by atoms with Crippen LogP contribution in [0.3, 0.4) is 0 Å². The second-order valence-corrected chi connectivity index (χ2v) is 11.9. The van der Waals surface area contributed by atoms with Gasteiger partial charge in [0.05, 0.1) is 54.9 Å². The molecule has 0 bridgehead atoms. The largest absolute Gasteiger partial charge is 0.493 e. The molecule has 234 valence electrons. The van der Waals surface area contributed by atoms with Crippen LogP contribution in [-0.2, 0) is 42.7 Å². The van der Waals surface area contributed by atoms with Gasteiger partial charge in [-0.05, 0) is 55.8 Å².